The standard InChI is InChI=1S/C19H23FN2O4S/c1-26-18-11-4-3-7-15(18)8-6-12-21-19(23)14-22(27(2,24)25)17-10-5-9-16(20)13-17/h3-5,7,9-11,13H,6,8,12,14H2,1-2H3,(H,21,23). The number of aryl methyl sites for hydroxylation is 1. The van der Waals surface area contributed by atoms with Crippen LogP contribution >= 0.6 is 0 Å². The van der Waals surface area contributed by atoms with Gasteiger partial charge in [-0.15, -0.1) is 0 Å². The van der Waals surface area contributed by atoms with Gasteiger partial charge in [0.05, 0.1) is 19.1 Å². The van der Waals surface area contributed by atoms with E-state index in [-0.39, 0.29) is 5.69 Å². The van der Waals surface area contributed by atoms with Gasteiger partial charge in [-0.1, -0.05) is 24.3 Å². The van der Waals surface area contributed by atoms with Crippen LogP contribution in [0.4, 0.5) is 10.1 Å². The number of carbonyl (C=O) groups excluding carboxylic acids is 1. The van der Waals surface area contributed by atoms with Crippen molar-refractivity contribution in [3.05, 3.63) is 59.9 Å². The van der Waals surface area contributed by atoms with Crippen molar-refractivity contribution in [2.75, 3.05) is 30.8 Å². The Hall–Kier alpha value is -2.61. The summed E-state index contributed by atoms with van der Waals surface area (Å²) in [6.45, 7) is -0.0193. The maximum absolute atomic E-state index is 13.4. The highest BCUT2D eigenvalue weighted by Crippen LogP contribution is 2.19. The van der Waals surface area contributed by atoms with Crippen molar-refractivity contribution < 1.29 is 22.3 Å². The summed E-state index contributed by atoms with van der Waals surface area (Å²) in [5.41, 5.74) is 1.15. The predicted octanol–water partition coefficient (Wildman–Crippen LogP) is 2.35. The van der Waals surface area contributed by atoms with Gasteiger partial charge in [-0.2, -0.15) is 0 Å². The second-order valence-corrected chi connectivity index (χ2v) is 7.92. The lowest BCUT2D eigenvalue weighted by molar-refractivity contribution is -0.119. The van der Waals surface area contributed by atoms with E-state index in [0.29, 0.717) is 19.4 Å². The van der Waals surface area contributed by atoms with E-state index in [1.165, 1.54) is 18.2 Å². The number of sulfonamides is 1. The Bertz CT molecular complexity index is 887. The Labute approximate surface area is 159 Å². The number of halogens is 1. The lowest BCUT2D eigenvalue weighted by Crippen LogP contribution is -2.40. The molecule has 0 aliphatic carbocycles. The van der Waals surface area contributed by atoms with E-state index in [1.54, 1.807) is 7.11 Å². The molecule has 0 spiro atoms. The summed E-state index contributed by atoms with van der Waals surface area (Å²) in [7, 11) is -2.12. The fourth-order valence-corrected chi connectivity index (χ4v) is 3.48. The fraction of sp³-hybridized carbons (Fsp3) is 0.316. The first-order valence-corrected chi connectivity index (χ1v) is 10.3. The number of rotatable bonds is 9. The van der Waals surface area contributed by atoms with Crippen LogP contribution < -0.4 is 14.4 Å². The molecule has 146 valence electrons. The minimum absolute atomic E-state index is 0.113. The molecule has 8 heteroatoms. The minimum atomic E-state index is -3.72. The number of para-hydroxylation sites is 1. The lowest BCUT2D eigenvalue weighted by atomic mass is 10.1. The molecule has 27 heavy (non-hydrogen) atoms. The Morgan fingerprint density at radius 2 is 1.93 bits per heavy atom. The molecular weight excluding hydrogens is 371 g/mol. The summed E-state index contributed by atoms with van der Waals surface area (Å²) in [5, 5.41) is 2.70. The third kappa shape index (κ3) is 6.25. The second kappa shape index (κ2) is 9.36. The van der Waals surface area contributed by atoms with E-state index in [1.807, 2.05) is 24.3 Å². The van der Waals surface area contributed by atoms with Gasteiger partial charge in [0.1, 0.15) is 18.1 Å². The number of hydrogen-bond donors (Lipinski definition) is 1. The van der Waals surface area contributed by atoms with Crippen molar-refractivity contribution in [3.63, 3.8) is 0 Å². The van der Waals surface area contributed by atoms with Crippen molar-refractivity contribution in [3.8, 4) is 5.75 Å². The Morgan fingerprint density at radius 3 is 2.59 bits per heavy atom. The molecule has 0 saturated carbocycles. The summed E-state index contributed by atoms with van der Waals surface area (Å²) in [4.78, 5) is 12.2. The molecule has 0 bridgehead atoms. The van der Waals surface area contributed by atoms with Crippen LogP contribution in [-0.4, -0.2) is 40.8 Å². The highest BCUT2D eigenvalue weighted by molar-refractivity contribution is 7.92. The van der Waals surface area contributed by atoms with Crippen LogP contribution in [0.2, 0.25) is 0 Å². The average molecular weight is 394 g/mol. The van der Waals surface area contributed by atoms with Crippen LogP contribution in [0.25, 0.3) is 0 Å². The summed E-state index contributed by atoms with van der Waals surface area (Å²) in [5.74, 6) is -0.235. The van der Waals surface area contributed by atoms with E-state index in [4.69, 9.17) is 4.74 Å². The zero-order chi connectivity index (χ0) is 19.9. The highest BCUT2D eigenvalue weighted by atomic mass is 32.2. The molecule has 0 aliphatic rings. The van der Waals surface area contributed by atoms with Gasteiger partial charge in [0.2, 0.25) is 15.9 Å². The Kier molecular flexibility index (Phi) is 7.18. The first-order chi connectivity index (χ1) is 12.8. The number of benzene rings is 2. The zero-order valence-corrected chi connectivity index (χ0v) is 16.1. The molecule has 0 fully saturated rings. The molecule has 0 saturated heterocycles. The van der Waals surface area contributed by atoms with E-state index < -0.39 is 28.3 Å². The van der Waals surface area contributed by atoms with Crippen molar-refractivity contribution in [2.45, 2.75) is 12.8 Å². The Morgan fingerprint density at radius 1 is 1.19 bits per heavy atom. The monoisotopic (exact) mass is 394 g/mol. The van der Waals surface area contributed by atoms with E-state index in [9.17, 15) is 17.6 Å². The molecule has 2 rings (SSSR count). The number of carbonyl (C=O) groups is 1. The van der Waals surface area contributed by atoms with Gasteiger partial charge in [-0.25, -0.2) is 12.8 Å². The number of amides is 1. The van der Waals surface area contributed by atoms with Crippen LogP contribution in [0.5, 0.6) is 5.75 Å². The smallest absolute Gasteiger partial charge is 0.240 e. The van der Waals surface area contributed by atoms with Crippen LogP contribution in [0.15, 0.2) is 48.5 Å². The molecule has 0 aromatic heterocycles. The van der Waals surface area contributed by atoms with E-state index >= 15 is 0 Å². The minimum Gasteiger partial charge on any atom is -0.496 e. The quantitative estimate of drug-likeness (QED) is 0.663. The summed E-state index contributed by atoms with van der Waals surface area (Å²) in [6.07, 6.45) is 2.36. The van der Waals surface area contributed by atoms with Gasteiger partial charge in [-0.3, -0.25) is 9.10 Å². The predicted molar refractivity (Wildman–Crippen MR) is 103 cm³/mol. The first-order valence-electron chi connectivity index (χ1n) is 8.43. The number of ether oxygens (including phenoxy) is 1. The number of methoxy groups -OCH3 is 1. The molecule has 0 radical (unpaired) electrons. The van der Waals surface area contributed by atoms with Crippen LogP contribution in [0, 0.1) is 5.82 Å². The Balaban J connectivity index is 1.91. The molecule has 0 heterocycles. The van der Waals surface area contributed by atoms with Crippen molar-refractivity contribution >= 4 is 21.6 Å². The number of hydrogen-bond acceptors (Lipinski definition) is 4. The first kappa shape index (κ1) is 20.7. The molecular formula is C19H23FN2O4S. The summed E-state index contributed by atoms with van der Waals surface area (Å²) >= 11 is 0. The van der Waals surface area contributed by atoms with E-state index in [2.05, 4.69) is 5.32 Å². The van der Waals surface area contributed by atoms with Gasteiger partial charge in [0, 0.05) is 6.54 Å². The molecule has 0 aliphatic heterocycles. The topological polar surface area (TPSA) is 75.7 Å². The fourth-order valence-electron chi connectivity index (χ4n) is 2.63. The third-order valence-electron chi connectivity index (χ3n) is 3.92. The van der Waals surface area contributed by atoms with Crippen LogP contribution in [-0.2, 0) is 21.2 Å². The molecule has 0 unspecified atom stereocenters. The van der Waals surface area contributed by atoms with Gasteiger partial charge < -0.3 is 10.1 Å². The third-order valence-corrected chi connectivity index (χ3v) is 5.06. The van der Waals surface area contributed by atoms with Gasteiger partial charge in [0.25, 0.3) is 0 Å². The number of nitrogens with one attached hydrogen (secondary N) is 1. The number of anilines is 1. The van der Waals surface area contributed by atoms with Crippen LogP contribution in [0.3, 0.4) is 0 Å². The van der Waals surface area contributed by atoms with Crippen LogP contribution in [0.1, 0.15) is 12.0 Å². The molecule has 2 aromatic carbocycles. The van der Waals surface area contributed by atoms with Crippen molar-refractivity contribution in [1.29, 1.82) is 0 Å². The summed E-state index contributed by atoms with van der Waals surface area (Å²) in [6, 6.07) is 12.8. The summed E-state index contributed by atoms with van der Waals surface area (Å²) < 4.78 is 43.5. The lowest BCUT2D eigenvalue weighted by Gasteiger charge is -2.21. The molecule has 1 N–H and O–H groups in total. The van der Waals surface area contributed by atoms with Gasteiger partial charge >= 0.3 is 0 Å². The second-order valence-electron chi connectivity index (χ2n) is 6.01. The molecule has 2 aromatic rings. The normalized spacial score (nSPS) is 11.1. The number of nitrogens with zero attached hydrogens (tertiary/aromatic N) is 1. The largest absolute Gasteiger partial charge is 0.496 e. The van der Waals surface area contributed by atoms with E-state index in [0.717, 1.165) is 27.9 Å². The van der Waals surface area contributed by atoms with Gasteiger partial charge in [-0.05, 0) is 42.7 Å². The molecule has 0 atom stereocenters. The average Bonchev–Trinajstić information content (AvgIpc) is 2.62. The van der Waals surface area contributed by atoms with Crippen molar-refractivity contribution in [1.82, 2.24) is 5.32 Å². The van der Waals surface area contributed by atoms with Gasteiger partial charge in [0.15, 0.2) is 0 Å². The maximum Gasteiger partial charge on any atom is 0.240 e. The SMILES string of the molecule is COc1ccccc1CCCNC(=O)CN(c1cccc(F)c1)S(C)(=O)=O. The molecule has 6 nitrogen and oxygen atoms in total. The van der Waals surface area contributed by atoms with Crippen molar-refractivity contribution in [2.24, 2.45) is 0 Å². The highest BCUT2D eigenvalue weighted by Gasteiger charge is 2.21. The maximum atomic E-state index is 13.4. The zero-order valence-electron chi connectivity index (χ0n) is 15.3. The molecule has 1 amide bonds.